The lowest BCUT2D eigenvalue weighted by Crippen LogP contribution is -2.27. The molecule has 1 heterocycles. The van der Waals surface area contributed by atoms with Gasteiger partial charge in [-0.3, -0.25) is 0 Å². The zero-order chi connectivity index (χ0) is 12.5. The van der Waals surface area contributed by atoms with Gasteiger partial charge >= 0.3 is 5.97 Å². The zero-order valence-corrected chi connectivity index (χ0v) is 11.0. The van der Waals surface area contributed by atoms with E-state index in [1.54, 1.807) is 12.3 Å². The van der Waals surface area contributed by atoms with Gasteiger partial charge in [0.05, 0.1) is 19.3 Å². The van der Waals surface area contributed by atoms with Crippen LogP contribution in [0.5, 0.6) is 0 Å². The summed E-state index contributed by atoms with van der Waals surface area (Å²) in [5.74, 6) is 0.00152. The van der Waals surface area contributed by atoms with Crippen molar-refractivity contribution >= 4 is 27.7 Å². The average Bonchev–Trinajstić information content (AvgIpc) is 3.11. The first kappa shape index (κ1) is 12.3. The fourth-order valence-corrected chi connectivity index (χ4v) is 1.86. The number of hydrogen-bond donors (Lipinski definition) is 2. The van der Waals surface area contributed by atoms with Crippen molar-refractivity contribution < 1.29 is 14.6 Å². The molecular weight excluding hydrogens is 288 g/mol. The fraction of sp³-hybridized carbons (Fsp3) is 0.455. The standard InChI is InChI=1S/C11H13BrN2O3/c1-17-10(16)8-4-7(12)5-13-9(8)14-11(6-15)2-3-11/h4-5,15H,2-3,6H2,1H3,(H,13,14). The van der Waals surface area contributed by atoms with E-state index >= 15 is 0 Å². The molecule has 0 atom stereocenters. The van der Waals surface area contributed by atoms with Crippen LogP contribution in [0.2, 0.25) is 0 Å². The quantitative estimate of drug-likeness (QED) is 0.826. The maximum Gasteiger partial charge on any atom is 0.341 e. The summed E-state index contributed by atoms with van der Waals surface area (Å²) in [7, 11) is 1.33. The Morgan fingerprint density at radius 3 is 2.94 bits per heavy atom. The smallest absolute Gasteiger partial charge is 0.341 e. The Kier molecular flexibility index (Phi) is 3.35. The van der Waals surface area contributed by atoms with Gasteiger partial charge in [0, 0.05) is 10.7 Å². The second kappa shape index (κ2) is 4.62. The van der Waals surface area contributed by atoms with Gasteiger partial charge in [-0.25, -0.2) is 9.78 Å². The molecule has 0 unspecified atom stereocenters. The molecule has 1 aromatic rings. The van der Waals surface area contributed by atoms with Crippen LogP contribution in [0.25, 0.3) is 0 Å². The van der Waals surface area contributed by atoms with E-state index in [-0.39, 0.29) is 12.1 Å². The highest BCUT2D eigenvalue weighted by Gasteiger charge is 2.43. The molecule has 1 fully saturated rings. The summed E-state index contributed by atoms with van der Waals surface area (Å²) in [6.07, 6.45) is 3.35. The van der Waals surface area contributed by atoms with Crippen LogP contribution in [-0.4, -0.2) is 35.3 Å². The number of anilines is 1. The maximum atomic E-state index is 11.6. The molecule has 0 amide bonds. The molecule has 1 saturated carbocycles. The van der Waals surface area contributed by atoms with Crippen molar-refractivity contribution in [2.45, 2.75) is 18.4 Å². The van der Waals surface area contributed by atoms with Crippen molar-refractivity contribution in [3.63, 3.8) is 0 Å². The molecule has 1 aromatic heterocycles. The fourth-order valence-electron chi connectivity index (χ4n) is 1.53. The van der Waals surface area contributed by atoms with Gasteiger partial charge in [-0.15, -0.1) is 0 Å². The van der Waals surface area contributed by atoms with Gasteiger partial charge < -0.3 is 15.2 Å². The topological polar surface area (TPSA) is 71.5 Å². The molecule has 0 saturated heterocycles. The first-order chi connectivity index (χ1) is 8.10. The third-order valence-electron chi connectivity index (χ3n) is 2.80. The number of ether oxygens (including phenoxy) is 1. The van der Waals surface area contributed by atoms with Gasteiger partial charge in [0.25, 0.3) is 0 Å². The van der Waals surface area contributed by atoms with Crippen LogP contribution in [0.15, 0.2) is 16.7 Å². The highest BCUT2D eigenvalue weighted by molar-refractivity contribution is 9.10. The molecule has 5 nitrogen and oxygen atoms in total. The highest BCUT2D eigenvalue weighted by atomic mass is 79.9. The van der Waals surface area contributed by atoms with Crippen molar-refractivity contribution in [1.29, 1.82) is 0 Å². The number of aromatic nitrogens is 1. The van der Waals surface area contributed by atoms with E-state index in [1.165, 1.54) is 7.11 Å². The van der Waals surface area contributed by atoms with Crippen LogP contribution in [0.3, 0.4) is 0 Å². The molecule has 0 aromatic carbocycles. The summed E-state index contributed by atoms with van der Waals surface area (Å²) < 4.78 is 5.40. The second-order valence-electron chi connectivity index (χ2n) is 4.10. The number of carbonyl (C=O) groups excluding carboxylic acids is 1. The molecule has 92 valence electrons. The van der Waals surface area contributed by atoms with Crippen molar-refractivity contribution in [2.24, 2.45) is 0 Å². The van der Waals surface area contributed by atoms with Gasteiger partial charge in [-0.05, 0) is 34.8 Å². The van der Waals surface area contributed by atoms with Crippen LogP contribution in [0.1, 0.15) is 23.2 Å². The van der Waals surface area contributed by atoms with Gasteiger partial charge in [0.15, 0.2) is 0 Å². The minimum absolute atomic E-state index is 0.0331. The van der Waals surface area contributed by atoms with E-state index in [9.17, 15) is 9.90 Å². The third kappa shape index (κ3) is 2.58. The highest BCUT2D eigenvalue weighted by Crippen LogP contribution is 2.38. The van der Waals surface area contributed by atoms with Gasteiger partial charge in [-0.1, -0.05) is 0 Å². The van der Waals surface area contributed by atoms with Crippen LogP contribution < -0.4 is 5.32 Å². The van der Waals surface area contributed by atoms with E-state index in [0.29, 0.717) is 15.9 Å². The van der Waals surface area contributed by atoms with Crippen molar-refractivity contribution in [1.82, 2.24) is 4.98 Å². The minimum Gasteiger partial charge on any atom is -0.465 e. The molecular formula is C11H13BrN2O3. The Balaban J connectivity index is 2.29. The number of hydrogen-bond acceptors (Lipinski definition) is 5. The molecule has 17 heavy (non-hydrogen) atoms. The molecule has 0 bridgehead atoms. The van der Waals surface area contributed by atoms with Crippen LogP contribution >= 0.6 is 15.9 Å². The Labute approximate surface area is 107 Å². The molecule has 0 radical (unpaired) electrons. The Morgan fingerprint density at radius 2 is 2.41 bits per heavy atom. The monoisotopic (exact) mass is 300 g/mol. The lowest BCUT2D eigenvalue weighted by Gasteiger charge is -2.17. The number of rotatable bonds is 4. The number of nitrogens with zero attached hydrogens (tertiary/aromatic N) is 1. The largest absolute Gasteiger partial charge is 0.465 e. The van der Waals surface area contributed by atoms with Crippen LogP contribution in [0.4, 0.5) is 5.82 Å². The number of aliphatic hydroxyl groups is 1. The molecule has 1 aliphatic carbocycles. The van der Waals surface area contributed by atoms with E-state index in [4.69, 9.17) is 4.74 Å². The molecule has 2 N–H and O–H groups in total. The van der Waals surface area contributed by atoms with Crippen LogP contribution in [0, 0.1) is 0 Å². The summed E-state index contributed by atoms with van der Waals surface area (Å²) >= 11 is 3.26. The number of halogens is 1. The van der Waals surface area contributed by atoms with E-state index in [2.05, 4.69) is 26.2 Å². The average molecular weight is 301 g/mol. The summed E-state index contributed by atoms with van der Waals surface area (Å²) in [4.78, 5) is 15.7. The summed E-state index contributed by atoms with van der Waals surface area (Å²) in [5.41, 5.74) is 0.0467. The van der Waals surface area contributed by atoms with Crippen molar-refractivity contribution in [3.8, 4) is 0 Å². The number of methoxy groups -OCH3 is 1. The lowest BCUT2D eigenvalue weighted by atomic mass is 10.2. The molecule has 2 rings (SSSR count). The van der Waals surface area contributed by atoms with Crippen molar-refractivity contribution in [2.75, 3.05) is 19.0 Å². The first-order valence-electron chi connectivity index (χ1n) is 5.23. The van der Waals surface area contributed by atoms with E-state index in [0.717, 1.165) is 12.8 Å². The normalized spacial score (nSPS) is 16.4. The number of aliphatic hydroxyl groups excluding tert-OH is 1. The summed E-state index contributed by atoms with van der Waals surface area (Å²) in [5, 5.41) is 12.4. The molecule has 0 aliphatic heterocycles. The Bertz CT molecular complexity index is 446. The number of esters is 1. The SMILES string of the molecule is COC(=O)c1cc(Br)cnc1NC1(CO)CC1. The first-order valence-corrected chi connectivity index (χ1v) is 6.02. The maximum absolute atomic E-state index is 11.6. The Morgan fingerprint density at radius 1 is 1.71 bits per heavy atom. The van der Waals surface area contributed by atoms with Crippen molar-refractivity contribution in [3.05, 3.63) is 22.3 Å². The molecule has 1 aliphatic rings. The number of nitrogens with one attached hydrogen (secondary N) is 1. The zero-order valence-electron chi connectivity index (χ0n) is 9.36. The third-order valence-corrected chi connectivity index (χ3v) is 3.23. The number of pyridine rings is 1. The molecule has 0 spiro atoms. The second-order valence-corrected chi connectivity index (χ2v) is 5.02. The molecule has 6 heteroatoms. The summed E-state index contributed by atoms with van der Waals surface area (Å²) in [6, 6.07) is 1.65. The predicted molar refractivity (Wildman–Crippen MR) is 66.0 cm³/mol. The van der Waals surface area contributed by atoms with Gasteiger partial charge in [0.2, 0.25) is 0 Å². The number of carbonyl (C=O) groups is 1. The van der Waals surface area contributed by atoms with E-state index < -0.39 is 5.97 Å². The Hall–Kier alpha value is -1.14. The summed E-state index contributed by atoms with van der Waals surface area (Å²) in [6.45, 7) is 0.0331. The van der Waals surface area contributed by atoms with Crippen LogP contribution in [-0.2, 0) is 4.74 Å². The van der Waals surface area contributed by atoms with Gasteiger partial charge in [0.1, 0.15) is 11.4 Å². The predicted octanol–water partition coefficient (Wildman–Crippen LogP) is 1.57. The minimum atomic E-state index is -0.449. The van der Waals surface area contributed by atoms with E-state index in [1.807, 2.05) is 0 Å². The lowest BCUT2D eigenvalue weighted by molar-refractivity contribution is 0.0601. The van der Waals surface area contributed by atoms with Gasteiger partial charge in [-0.2, -0.15) is 0 Å².